The number of hydrogen-bond acceptors (Lipinski definition) is 6. The van der Waals surface area contributed by atoms with Gasteiger partial charge in [0.25, 0.3) is 5.91 Å². The van der Waals surface area contributed by atoms with E-state index in [4.69, 9.17) is 20.8 Å². The van der Waals surface area contributed by atoms with Crippen LogP contribution in [-0.2, 0) is 17.6 Å². The molecular weight excluding hydrogens is 436 g/mol. The van der Waals surface area contributed by atoms with Crippen molar-refractivity contribution >= 4 is 44.9 Å². The third kappa shape index (κ3) is 3.94. The number of carbonyl (C=O) groups is 1. The summed E-state index contributed by atoms with van der Waals surface area (Å²) in [6.45, 7) is -0.193. The van der Waals surface area contributed by atoms with Gasteiger partial charge < -0.3 is 9.15 Å². The predicted octanol–water partition coefficient (Wildman–Crippen LogP) is 5.08. The van der Waals surface area contributed by atoms with Gasteiger partial charge in [0.15, 0.2) is 11.7 Å². The third-order valence-electron chi connectivity index (χ3n) is 5.22. The number of anilines is 1. The largest absolute Gasteiger partial charge is 0.484 e. The number of thiazole rings is 1. The maximum absolute atomic E-state index is 12.3. The van der Waals surface area contributed by atoms with Gasteiger partial charge in [-0.3, -0.25) is 10.1 Å². The van der Waals surface area contributed by atoms with Crippen LogP contribution in [0.3, 0.4) is 0 Å². The fourth-order valence-corrected chi connectivity index (χ4v) is 4.74. The molecule has 4 aromatic rings. The van der Waals surface area contributed by atoms with E-state index in [1.54, 1.807) is 18.2 Å². The molecule has 1 amide bonds. The summed E-state index contributed by atoms with van der Waals surface area (Å²) in [7, 11) is 0. The van der Waals surface area contributed by atoms with Crippen molar-refractivity contribution in [2.24, 2.45) is 0 Å². The summed E-state index contributed by atoms with van der Waals surface area (Å²) in [5, 5.41) is 6.55. The number of ether oxygens (including phenoxy) is 1. The lowest BCUT2D eigenvalue weighted by Gasteiger charge is -2.08. The summed E-state index contributed by atoms with van der Waals surface area (Å²) in [5.41, 5.74) is 3.54. The molecule has 2 heterocycles. The van der Waals surface area contributed by atoms with E-state index in [0.717, 1.165) is 41.3 Å². The Balaban J connectivity index is 1.26. The van der Waals surface area contributed by atoms with Crippen LogP contribution in [0.2, 0.25) is 5.02 Å². The number of benzene rings is 2. The summed E-state index contributed by atoms with van der Waals surface area (Å²) >= 11 is 7.51. The summed E-state index contributed by atoms with van der Waals surface area (Å²) in [6.07, 6.45) is 2.61. The molecule has 2 aromatic carbocycles. The van der Waals surface area contributed by atoms with Crippen molar-refractivity contribution in [2.45, 2.75) is 19.3 Å². The Kier molecular flexibility index (Phi) is 5.21. The normalized spacial score (nSPS) is 12.7. The second-order valence-electron chi connectivity index (χ2n) is 7.21. The standard InChI is InChI=1S/C23H17ClN2O4S/c24-18-7-2-1-4-17(18)19-12-31-23(25-19)26-21(27)11-29-13-8-9-15-14-5-3-6-16(14)22(28)30-20(15)10-13/h1-2,4,7-10,12H,3,5-6,11H2,(H,25,26,27). The van der Waals surface area contributed by atoms with E-state index < -0.39 is 0 Å². The number of carbonyl (C=O) groups excluding carboxylic acids is 1. The van der Waals surface area contributed by atoms with Crippen molar-refractivity contribution < 1.29 is 13.9 Å². The first-order valence-electron chi connectivity index (χ1n) is 9.80. The molecule has 0 saturated carbocycles. The minimum Gasteiger partial charge on any atom is -0.484 e. The number of amides is 1. The Morgan fingerprint density at radius 3 is 2.90 bits per heavy atom. The van der Waals surface area contributed by atoms with E-state index in [2.05, 4.69) is 10.3 Å². The molecule has 2 aromatic heterocycles. The van der Waals surface area contributed by atoms with Crippen LogP contribution in [0.1, 0.15) is 17.5 Å². The summed E-state index contributed by atoms with van der Waals surface area (Å²) < 4.78 is 11.0. The van der Waals surface area contributed by atoms with Crippen LogP contribution in [-0.4, -0.2) is 17.5 Å². The molecular formula is C23H17ClN2O4S. The quantitative estimate of drug-likeness (QED) is 0.427. The highest BCUT2D eigenvalue weighted by molar-refractivity contribution is 7.14. The molecule has 0 radical (unpaired) electrons. The van der Waals surface area contributed by atoms with Gasteiger partial charge in [0.05, 0.1) is 5.69 Å². The predicted molar refractivity (Wildman–Crippen MR) is 121 cm³/mol. The van der Waals surface area contributed by atoms with Crippen molar-refractivity contribution in [3.05, 3.63) is 74.4 Å². The summed E-state index contributed by atoms with van der Waals surface area (Å²) in [4.78, 5) is 28.9. The minimum absolute atomic E-state index is 0.193. The highest BCUT2D eigenvalue weighted by Crippen LogP contribution is 2.31. The molecule has 0 aliphatic heterocycles. The first-order valence-corrected chi connectivity index (χ1v) is 11.1. The van der Waals surface area contributed by atoms with Gasteiger partial charge in [0.1, 0.15) is 11.3 Å². The van der Waals surface area contributed by atoms with Gasteiger partial charge in [-0.05, 0) is 43.0 Å². The second-order valence-corrected chi connectivity index (χ2v) is 8.48. The molecule has 156 valence electrons. The van der Waals surface area contributed by atoms with Gasteiger partial charge in [-0.1, -0.05) is 29.8 Å². The highest BCUT2D eigenvalue weighted by Gasteiger charge is 2.20. The van der Waals surface area contributed by atoms with Crippen molar-refractivity contribution in [2.75, 3.05) is 11.9 Å². The fourth-order valence-electron chi connectivity index (χ4n) is 3.78. The highest BCUT2D eigenvalue weighted by atomic mass is 35.5. The van der Waals surface area contributed by atoms with Gasteiger partial charge in [0, 0.05) is 33.0 Å². The number of halogens is 1. The third-order valence-corrected chi connectivity index (χ3v) is 6.30. The SMILES string of the molecule is O=C(COc1ccc2c3c(c(=O)oc2c1)CCC3)Nc1nc(-c2ccccc2Cl)cs1. The monoisotopic (exact) mass is 452 g/mol. The number of nitrogens with zero attached hydrogens (tertiary/aromatic N) is 1. The molecule has 0 fully saturated rings. The van der Waals surface area contributed by atoms with Crippen molar-refractivity contribution in [3.63, 3.8) is 0 Å². The lowest BCUT2D eigenvalue weighted by atomic mass is 10.1. The van der Waals surface area contributed by atoms with E-state index in [1.807, 2.05) is 29.6 Å². The Hall–Kier alpha value is -3.16. The zero-order valence-corrected chi connectivity index (χ0v) is 17.9. The molecule has 8 heteroatoms. The van der Waals surface area contributed by atoms with Crippen LogP contribution in [0.25, 0.3) is 22.2 Å². The average molecular weight is 453 g/mol. The van der Waals surface area contributed by atoms with Gasteiger partial charge in [-0.25, -0.2) is 9.78 Å². The van der Waals surface area contributed by atoms with Gasteiger partial charge in [0.2, 0.25) is 0 Å². The number of rotatable bonds is 5. The summed E-state index contributed by atoms with van der Waals surface area (Å²) in [5.74, 6) is 0.121. The van der Waals surface area contributed by atoms with Crippen LogP contribution in [0.15, 0.2) is 57.1 Å². The fraction of sp³-hybridized carbons (Fsp3) is 0.174. The van der Waals surface area contributed by atoms with Crippen LogP contribution in [0.4, 0.5) is 5.13 Å². The van der Waals surface area contributed by atoms with Crippen LogP contribution >= 0.6 is 22.9 Å². The maximum atomic E-state index is 12.3. The Morgan fingerprint density at radius 2 is 2.03 bits per heavy atom. The number of fused-ring (bicyclic) bond motifs is 3. The van der Waals surface area contributed by atoms with Crippen molar-refractivity contribution in [1.82, 2.24) is 4.98 Å². The van der Waals surface area contributed by atoms with Gasteiger partial charge in [-0.2, -0.15) is 0 Å². The molecule has 1 N–H and O–H groups in total. The zero-order chi connectivity index (χ0) is 21.4. The molecule has 1 aliphatic rings. The molecule has 0 bridgehead atoms. The number of hydrogen-bond donors (Lipinski definition) is 1. The molecule has 0 spiro atoms. The molecule has 1 aliphatic carbocycles. The molecule has 0 unspecified atom stereocenters. The molecule has 0 atom stereocenters. The van der Waals surface area contributed by atoms with Crippen LogP contribution < -0.4 is 15.7 Å². The first-order chi connectivity index (χ1) is 15.1. The second kappa shape index (κ2) is 8.17. The van der Waals surface area contributed by atoms with Crippen LogP contribution in [0.5, 0.6) is 5.75 Å². The topological polar surface area (TPSA) is 81.4 Å². The number of aromatic nitrogens is 1. The zero-order valence-electron chi connectivity index (χ0n) is 16.3. The summed E-state index contributed by atoms with van der Waals surface area (Å²) in [6, 6.07) is 12.7. The molecule has 31 heavy (non-hydrogen) atoms. The molecule has 0 saturated heterocycles. The van der Waals surface area contributed by atoms with Crippen molar-refractivity contribution in [1.29, 1.82) is 0 Å². The minimum atomic E-state index is -0.337. The number of nitrogens with one attached hydrogen (secondary N) is 1. The van der Waals surface area contributed by atoms with E-state index in [1.165, 1.54) is 11.3 Å². The van der Waals surface area contributed by atoms with E-state index in [0.29, 0.717) is 27.2 Å². The Labute approximate surface area is 186 Å². The van der Waals surface area contributed by atoms with Crippen molar-refractivity contribution in [3.8, 4) is 17.0 Å². The lowest BCUT2D eigenvalue weighted by molar-refractivity contribution is -0.118. The Bertz CT molecular complexity index is 1360. The van der Waals surface area contributed by atoms with Gasteiger partial charge in [-0.15, -0.1) is 11.3 Å². The Morgan fingerprint density at radius 1 is 1.19 bits per heavy atom. The van der Waals surface area contributed by atoms with Crippen LogP contribution in [0, 0.1) is 0 Å². The number of aryl methyl sites for hydroxylation is 1. The smallest absolute Gasteiger partial charge is 0.339 e. The molecule has 5 rings (SSSR count). The van der Waals surface area contributed by atoms with Gasteiger partial charge >= 0.3 is 5.63 Å². The maximum Gasteiger partial charge on any atom is 0.339 e. The van der Waals surface area contributed by atoms with E-state index in [9.17, 15) is 9.59 Å². The first kappa shape index (κ1) is 19.8. The van der Waals surface area contributed by atoms with E-state index in [-0.39, 0.29) is 18.1 Å². The van der Waals surface area contributed by atoms with E-state index >= 15 is 0 Å². The lowest BCUT2D eigenvalue weighted by Crippen LogP contribution is -2.20. The average Bonchev–Trinajstić information content (AvgIpc) is 3.43. The molecule has 6 nitrogen and oxygen atoms in total.